The highest BCUT2D eigenvalue weighted by atomic mass is 16.5. The predicted molar refractivity (Wildman–Crippen MR) is 108 cm³/mol. The Balaban J connectivity index is 0. The van der Waals surface area contributed by atoms with Crippen LogP contribution in [0.3, 0.4) is 0 Å². The fourth-order valence-electron chi connectivity index (χ4n) is 2.00. The molecule has 150 valence electrons. The topological polar surface area (TPSA) is 93.4 Å². The molecule has 1 rings (SSSR count). The molecule has 0 saturated carbocycles. The zero-order chi connectivity index (χ0) is 20.2. The predicted octanol–water partition coefficient (Wildman–Crippen LogP) is 2.73. The van der Waals surface area contributed by atoms with Gasteiger partial charge in [-0.05, 0) is 44.9 Å². The van der Waals surface area contributed by atoms with Crippen molar-refractivity contribution in [2.45, 2.75) is 52.5 Å². The number of benzene rings is 1. The molecule has 0 spiro atoms. The molecular formula is C20H37N3O3. The molecule has 1 aromatic carbocycles. The summed E-state index contributed by atoms with van der Waals surface area (Å²) in [5.74, 6) is -0.406. The highest BCUT2D eigenvalue weighted by molar-refractivity contribution is 5.94. The third kappa shape index (κ3) is 14.4. The third-order valence-electron chi connectivity index (χ3n) is 3.34. The van der Waals surface area contributed by atoms with Crippen LogP contribution >= 0.6 is 0 Å². The van der Waals surface area contributed by atoms with Gasteiger partial charge in [0.05, 0.1) is 6.04 Å². The van der Waals surface area contributed by atoms with Crippen LogP contribution in [-0.4, -0.2) is 45.2 Å². The summed E-state index contributed by atoms with van der Waals surface area (Å²) in [5.41, 5.74) is 5.87. The first kappa shape index (κ1) is 26.3. The lowest BCUT2D eigenvalue weighted by molar-refractivity contribution is -0.120. The van der Waals surface area contributed by atoms with Gasteiger partial charge in [-0.15, -0.1) is 0 Å². The molecule has 0 radical (unpaired) electrons. The molecule has 0 fully saturated rings. The van der Waals surface area contributed by atoms with Crippen LogP contribution in [0.1, 0.15) is 56.8 Å². The average molecular weight is 368 g/mol. The van der Waals surface area contributed by atoms with Crippen molar-refractivity contribution in [3.8, 4) is 0 Å². The molecule has 6 heteroatoms. The number of nitrogens with two attached hydrogens (primary N) is 1. The molecule has 26 heavy (non-hydrogen) atoms. The Morgan fingerprint density at radius 3 is 2.19 bits per heavy atom. The van der Waals surface area contributed by atoms with Gasteiger partial charge in [-0.1, -0.05) is 39.0 Å². The zero-order valence-corrected chi connectivity index (χ0v) is 17.0. The van der Waals surface area contributed by atoms with Gasteiger partial charge in [-0.2, -0.15) is 0 Å². The molecule has 2 amide bonds. The molecule has 4 N–H and O–H groups in total. The molecular weight excluding hydrogens is 330 g/mol. The van der Waals surface area contributed by atoms with Gasteiger partial charge >= 0.3 is 0 Å². The molecule has 0 bridgehead atoms. The largest absolute Gasteiger partial charge is 0.385 e. The van der Waals surface area contributed by atoms with Crippen LogP contribution in [0, 0.1) is 0 Å². The van der Waals surface area contributed by atoms with Gasteiger partial charge in [0, 0.05) is 25.8 Å². The lowest BCUT2D eigenvalue weighted by Gasteiger charge is -2.11. The van der Waals surface area contributed by atoms with Crippen LogP contribution < -0.4 is 16.4 Å². The quantitative estimate of drug-likeness (QED) is 0.554. The van der Waals surface area contributed by atoms with E-state index in [1.807, 2.05) is 32.0 Å². The van der Waals surface area contributed by atoms with Crippen molar-refractivity contribution in [2.75, 3.05) is 27.3 Å². The van der Waals surface area contributed by atoms with Crippen molar-refractivity contribution in [3.63, 3.8) is 0 Å². The Hall–Kier alpha value is -1.92. The van der Waals surface area contributed by atoms with Crippen LogP contribution in [0.2, 0.25) is 0 Å². The lowest BCUT2D eigenvalue weighted by atomic mass is 10.1. The Labute approximate surface area is 158 Å². The van der Waals surface area contributed by atoms with Crippen molar-refractivity contribution >= 4 is 11.8 Å². The standard InChI is InChI=1S/C14H21N3O2.C4H10O.C2H6/c1-16-12(13(15)18)9-5-6-10-17-14(19)11-7-3-2-4-8-11;1-3-4-5-2;1-2/h2-4,7-8,12,16H,5-6,9-10H2,1H3,(H2,15,18)(H,17,19);3-4H2,1-2H3;1-2H3/t12-;;/m0../s1. The molecule has 1 atom stereocenters. The second kappa shape index (κ2) is 19.4. The summed E-state index contributed by atoms with van der Waals surface area (Å²) in [7, 11) is 3.43. The van der Waals surface area contributed by atoms with Gasteiger partial charge in [-0.25, -0.2) is 0 Å². The first-order valence-corrected chi connectivity index (χ1v) is 9.35. The summed E-state index contributed by atoms with van der Waals surface area (Å²) in [5, 5.41) is 5.71. The van der Waals surface area contributed by atoms with Crippen LogP contribution in [0.5, 0.6) is 0 Å². The van der Waals surface area contributed by atoms with Gasteiger partial charge in [0.2, 0.25) is 5.91 Å². The number of carbonyl (C=O) groups excluding carboxylic acids is 2. The number of nitrogens with one attached hydrogen (secondary N) is 2. The van der Waals surface area contributed by atoms with Gasteiger partial charge in [0.25, 0.3) is 5.91 Å². The molecule has 0 saturated heterocycles. The van der Waals surface area contributed by atoms with Crippen LogP contribution in [0.25, 0.3) is 0 Å². The van der Waals surface area contributed by atoms with Crippen molar-refractivity contribution < 1.29 is 14.3 Å². The summed E-state index contributed by atoms with van der Waals surface area (Å²) in [6.07, 6.45) is 3.47. The number of hydrogen-bond acceptors (Lipinski definition) is 4. The van der Waals surface area contributed by atoms with Gasteiger partial charge in [-0.3, -0.25) is 9.59 Å². The van der Waals surface area contributed by atoms with Gasteiger partial charge in [0.15, 0.2) is 0 Å². The maximum Gasteiger partial charge on any atom is 0.251 e. The molecule has 0 aliphatic heterocycles. The maximum atomic E-state index is 11.7. The minimum atomic E-state index is -0.337. The SMILES string of the molecule is CC.CCCOC.CN[C@@H](CCCCNC(=O)c1ccccc1)C(N)=O. The molecule has 0 unspecified atom stereocenters. The maximum absolute atomic E-state index is 11.7. The van der Waals surface area contributed by atoms with Gasteiger partial charge < -0.3 is 21.1 Å². The van der Waals surface area contributed by atoms with E-state index in [2.05, 4.69) is 17.6 Å². The monoisotopic (exact) mass is 367 g/mol. The lowest BCUT2D eigenvalue weighted by Crippen LogP contribution is -2.39. The van der Waals surface area contributed by atoms with Crippen LogP contribution in [-0.2, 0) is 9.53 Å². The zero-order valence-electron chi connectivity index (χ0n) is 17.0. The number of ether oxygens (including phenoxy) is 1. The number of primary amides is 1. The molecule has 0 aromatic heterocycles. The van der Waals surface area contributed by atoms with Crippen molar-refractivity contribution in [1.29, 1.82) is 0 Å². The van der Waals surface area contributed by atoms with E-state index < -0.39 is 0 Å². The minimum absolute atomic E-state index is 0.0688. The smallest absolute Gasteiger partial charge is 0.251 e. The number of amides is 2. The number of hydrogen-bond donors (Lipinski definition) is 3. The van der Waals surface area contributed by atoms with E-state index in [1.165, 1.54) is 0 Å². The van der Waals surface area contributed by atoms with E-state index in [0.717, 1.165) is 25.9 Å². The van der Waals surface area contributed by atoms with Crippen LogP contribution in [0.4, 0.5) is 0 Å². The number of rotatable bonds is 10. The Kier molecular flexibility index (Phi) is 19.6. The molecule has 0 heterocycles. The van der Waals surface area contributed by atoms with Crippen molar-refractivity contribution in [3.05, 3.63) is 35.9 Å². The first-order valence-electron chi connectivity index (χ1n) is 9.35. The molecule has 6 nitrogen and oxygen atoms in total. The van der Waals surface area contributed by atoms with E-state index in [9.17, 15) is 9.59 Å². The van der Waals surface area contributed by atoms with E-state index in [1.54, 1.807) is 26.3 Å². The average Bonchev–Trinajstić information content (AvgIpc) is 2.67. The second-order valence-electron chi connectivity index (χ2n) is 5.35. The third-order valence-corrected chi connectivity index (χ3v) is 3.34. The number of methoxy groups -OCH3 is 1. The highest BCUT2D eigenvalue weighted by Gasteiger charge is 2.11. The number of likely N-dealkylation sites (N-methyl/N-ethyl adjacent to an activating group) is 1. The summed E-state index contributed by atoms with van der Waals surface area (Å²) >= 11 is 0. The summed E-state index contributed by atoms with van der Waals surface area (Å²) < 4.78 is 4.69. The number of carbonyl (C=O) groups is 2. The fourth-order valence-corrected chi connectivity index (χ4v) is 2.00. The Morgan fingerprint density at radius 2 is 1.77 bits per heavy atom. The van der Waals surface area contributed by atoms with Gasteiger partial charge in [0.1, 0.15) is 0 Å². The van der Waals surface area contributed by atoms with E-state index in [0.29, 0.717) is 18.5 Å². The minimum Gasteiger partial charge on any atom is -0.385 e. The van der Waals surface area contributed by atoms with E-state index in [4.69, 9.17) is 10.5 Å². The first-order chi connectivity index (χ1) is 12.6. The highest BCUT2D eigenvalue weighted by Crippen LogP contribution is 2.01. The summed E-state index contributed by atoms with van der Waals surface area (Å²) in [4.78, 5) is 22.7. The summed E-state index contributed by atoms with van der Waals surface area (Å²) in [6, 6.07) is 8.81. The second-order valence-corrected chi connectivity index (χ2v) is 5.35. The van der Waals surface area contributed by atoms with Crippen molar-refractivity contribution in [2.24, 2.45) is 5.73 Å². The molecule has 0 aliphatic carbocycles. The van der Waals surface area contributed by atoms with E-state index >= 15 is 0 Å². The Bertz CT molecular complexity index is 451. The number of unbranched alkanes of at least 4 members (excludes halogenated alkanes) is 1. The van der Waals surface area contributed by atoms with Crippen molar-refractivity contribution in [1.82, 2.24) is 10.6 Å². The molecule has 0 aliphatic rings. The van der Waals surface area contributed by atoms with E-state index in [-0.39, 0.29) is 17.9 Å². The normalized spacial score (nSPS) is 10.5. The fraction of sp³-hybridized carbons (Fsp3) is 0.600. The molecule has 1 aromatic rings. The summed E-state index contributed by atoms with van der Waals surface area (Å²) in [6.45, 7) is 7.58. The van der Waals surface area contributed by atoms with Crippen LogP contribution in [0.15, 0.2) is 30.3 Å². The Morgan fingerprint density at radius 1 is 1.15 bits per heavy atom.